The van der Waals surface area contributed by atoms with Crippen LogP contribution in [0, 0.1) is 0 Å². The summed E-state index contributed by atoms with van der Waals surface area (Å²) in [4.78, 5) is 27.9. The Morgan fingerprint density at radius 3 is 2.28 bits per heavy atom. The quantitative estimate of drug-likeness (QED) is 0.815. The molecule has 0 spiro atoms. The fourth-order valence-electron chi connectivity index (χ4n) is 2.75. The lowest BCUT2D eigenvalue weighted by Gasteiger charge is -2.35. The highest BCUT2D eigenvalue weighted by Gasteiger charge is 2.27. The zero-order chi connectivity index (χ0) is 18.4. The predicted molar refractivity (Wildman–Crippen MR) is 98.8 cm³/mol. The van der Waals surface area contributed by atoms with Gasteiger partial charge < -0.3 is 14.5 Å². The van der Waals surface area contributed by atoms with Crippen LogP contribution in [0.1, 0.15) is 39.2 Å². The van der Waals surface area contributed by atoms with Crippen molar-refractivity contribution in [1.29, 1.82) is 0 Å². The van der Waals surface area contributed by atoms with Gasteiger partial charge >= 0.3 is 6.09 Å². The lowest BCUT2D eigenvalue weighted by Crippen LogP contribution is -2.51. The molecule has 0 aliphatic carbocycles. The number of piperazine rings is 1. The third kappa shape index (κ3) is 6.24. The molecule has 1 fully saturated rings. The summed E-state index contributed by atoms with van der Waals surface area (Å²) in [7, 11) is 0. The zero-order valence-corrected chi connectivity index (χ0v) is 16.0. The number of benzene rings is 1. The molecule has 0 atom stereocenters. The molecule has 0 saturated carbocycles. The van der Waals surface area contributed by atoms with E-state index in [-0.39, 0.29) is 12.0 Å². The standard InChI is InChI=1S/C19H27ClN2O3/c1-19(2,3)25-18(24)22-13-11-21(12-14-22)17(23)10-6-8-15-7-4-5-9-16(15)20/h4-5,7,9H,6,8,10-14H2,1-3H3. The molecule has 2 amide bonds. The van der Waals surface area contributed by atoms with Crippen LogP contribution in [0.2, 0.25) is 5.02 Å². The van der Waals surface area contributed by atoms with Crippen molar-refractivity contribution in [1.82, 2.24) is 9.80 Å². The van der Waals surface area contributed by atoms with Crippen LogP contribution in [-0.4, -0.2) is 53.6 Å². The van der Waals surface area contributed by atoms with E-state index in [0.717, 1.165) is 23.4 Å². The first-order chi connectivity index (χ1) is 11.8. The van der Waals surface area contributed by atoms with Gasteiger partial charge in [0.05, 0.1) is 0 Å². The fraction of sp³-hybridized carbons (Fsp3) is 0.579. The van der Waals surface area contributed by atoms with E-state index in [9.17, 15) is 9.59 Å². The van der Waals surface area contributed by atoms with E-state index in [2.05, 4.69) is 0 Å². The van der Waals surface area contributed by atoms with Gasteiger partial charge in [-0.25, -0.2) is 4.79 Å². The van der Waals surface area contributed by atoms with Gasteiger partial charge in [0.2, 0.25) is 5.91 Å². The van der Waals surface area contributed by atoms with Crippen molar-refractivity contribution in [2.45, 2.75) is 45.6 Å². The Balaban J connectivity index is 1.72. The largest absolute Gasteiger partial charge is 0.444 e. The minimum atomic E-state index is -0.497. The maximum Gasteiger partial charge on any atom is 0.410 e. The van der Waals surface area contributed by atoms with E-state index in [4.69, 9.17) is 16.3 Å². The van der Waals surface area contributed by atoms with Crippen molar-refractivity contribution >= 4 is 23.6 Å². The van der Waals surface area contributed by atoms with Gasteiger partial charge in [-0.05, 0) is 45.2 Å². The number of amides is 2. The Labute approximate surface area is 154 Å². The van der Waals surface area contributed by atoms with Gasteiger partial charge in [0.1, 0.15) is 5.60 Å². The molecule has 1 aliphatic heterocycles. The number of rotatable bonds is 4. The third-order valence-corrected chi connectivity index (χ3v) is 4.45. The average Bonchev–Trinajstić information content (AvgIpc) is 2.55. The first-order valence-corrected chi connectivity index (χ1v) is 9.13. The second kappa shape index (κ2) is 8.56. The Hall–Kier alpha value is -1.75. The highest BCUT2D eigenvalue weighted by Crippen LogP contribution is 2.18. The molecule has 25 heavy (non-hydrogen) atoms. The van der Waals surface area contributed by atoms with Crippen LogP contribution in [0.25, 0.3) is 0 Å². The normalized spacial score (nSPS) is 15.2. The van der Waals surface area contributed by atoms with Gasteiger partial charge in [-0.2, -0.15) is 0 Å². The number of aryl methyl sites for hydroxylation is 1. The van der Waals surface area contributed by atoms with E-state index >= 15 is 0 Å². The second-order valence-corrected chi connectivity index (χ2v) is 7.70. The number of halogens is 1. The molecule has 0 radical (unpaired) electrons. The van der Waals surface area contributed by atoms with Crippen molar-refractivity contribution in [3.8, 4) is 0 Å². The molecule has 6 heteroatoms. The summed E-state index contributed by atoms with van der Waals surface area (Å²) in [5, 5.41) is 0.751. The fourth-order valence-corrected chi connectivity index (χ4v) is 2.98. The van der Waals surface area contributed by atoms with E-state index in [0.29, 0.717) is 32.6 Å². The van der Waals surface area contributed by atoms with Crippen LogP contribution in [0.5, 0.6) is 0 Å². The van der Waals surface area contributed by atoms with Gasteiger partial charge in [-0.3, -0.25) is 4.79 Å². The minimum absolute atomic E-state index is 0.135. The number of hydrogen-bond acceptors (Lipinski definition) is 3. The Bertz CT molecular complexity index is 605. The zero-order valence-electron chi connectivity index (χ0n) is 15.3. The summed E-state index contributed by atoms with van der Waals surface area (Å²) in [6.07, 6.45) is 1.76. The Morgan fingerprint density at radius 2 is 1.68 bits per heavy atom. The molecule has 0 N–H and O–H groups in total. The maximum atomic E-state index is 12.3. The van der Waals surface area contributed by atoms with Crippen molar-refractivity contribution in [2.24, 2.45) is 0 Å². The van der Waals surface area contributed by atoms with Gasteiger partial charge in [-0.15, -0.1) is 0 Å². The van der Waals surface area contributed by atoms with Gasteiger partial charge in [-0.1, -0.05) is 29.8 Å². The van der Waals surface area contributed by atoms with Crippen LogP contribution in [0.3, 0.4) is 0 Å². The molecule has 1 heterocycles. The Kier molecular flexibility index (Phi) is 6.71. The topological polar surface area (TPSA) is 49.9 Å². The summed E-state index contributed by atoms with van der Waals surface area (Å²) in [6, 6.07) is 7.72. The number of ether oxygens (including phenoxy) is 1. The molecule has 0 aromatic heterocycles. The summed E-state index contributed by atoms with van der Waals surface area (Å²) in [5.74, 6) is 0.135. The lowest BCUT2D eigenvalue weighted by atomic mass is 10.1. The molecule has 1 saturated heterocycles. The summed E-state index contributed by atoms with van der Waals surface area (Å²) >= 11 is 6.14. The molecule has 1 aliphatic rings. The molecule has 0 bridgehead atoms. The maximum absolute atomic E-state index is 12.3. The SMILES string of the molecule is CC(C)(C)OC(=O)N1CCN(C(=O)CCCc2ccccc2Cl)CC1. The van der Waals surface area contributed by atoms with Crippen LogP contribution < -0.4 is 0 Å². The smallest absolute Gasteiger partial charge is 0.410 e. The third-order valence-electron chi connectivity index (χ3n) is 4.08. The monoisotopic (exact) mass is 366 g/mol. The van der Waals surface area contributed by atoms with Crippen LogP contribution in [0.15, 0.2) is 24.3 Å². The average molecular weight is 367 g/mol. The van der Waals surface area contributed by atoms with Crippen molar-refractivity contribution < 1.29 is 14.3 Å². The van der Waals surface area contributed by atoms with E-state index < -0.39 is 5.60 Å². The molecule has 0 unspecified atom stereocenters. The van der Waals surface area contributed by atoms with Crippen LogP contribution >= 0.6 is 11.6 Å². The number of hydrogen-bond donors (Lipinski definition) is 0. The van der Waals surface area contributed by atoms with E-state index in [1.165, 1.54) is 0 Å². The summed E-state index contributed by atoms with van der Waals surface area (Å²) in [6.45, 7) is 7.71. The predicted octanol–water partition coefficient (Wildman–Crippen LogP) is 3.74. The van der Waals surface area contributed by atoms with Crippen molar-refractivity contribution in [3.05, 3.63) is 34.9 Å². The van der Waals surface area contributed by atoms with Crippen LogP contribution in [-0.2, 0) is 16.0 Å². The van der Waals surface area contributed by atoms with E-state index in [1.54, 1.807) is 4.90 Å². The highest BCUT2D eigenvalue weighted by atomic mass is 35.5. The molecule has 1 aromatic rings. The summed E-state index contributed by atoms with van der Waals surface area (Å²) in [5.41, 5.74) is 0.578. The molecule has 1 aromatic carbocycles. The van der Waals surface area contributed by atoms with Gasteiger partial charge in [0.25, 0.3) is 0 Å². The van der Waals surface area contributed by atoms with Crippen molar-refractivity contribution in [2.75, 3.05) is 26.2 Å². The summed E-state index contributed by atoms with van der Waals surface area (Å²) < 4.78 is 5.37. The number of nitrogens with zero attached hydrogens (tertiary/aromatic N) is 2. The first kappa shape index (κ1) is 19.6. The lowest BCUT2D eigenvalue weighted by molar-refractivity contribution is -0.133. The highest BCUT2D eigenvalue weighted by molar-refractivity contribution is 6.31. The molecule has 2 rings (SSSR count). The molecular formula is C19H27ClN2O3. The van der Waals surface area contributed by atoms with E-state index in [1.807, 2.05) is 49.9 Å². The molecular weight excluding hydrogens is 340 g/mol. The van der Waals surface area contributed by atoms with Gasteiger partial charge in [0, 0.05) is 37.6 Å². The Morgan fingerprint density at radius 1 is 1.08 bits per heavy atom. The minimum Gasteiger partial charge on any atom is -0.444 e. The number of carbonyl (C=O) groups is 2. The molecule has 5 nitrogen and oxygen atoms in total. The molecule has 138 valence electrons. The van der Waals surface area contributed by atoms with Crippen LogP contribution in [0.4, 0.5) is 4.79 Å². The first-order valence-electron chi connectivity index (χ1n) is 8.75. The number of carbonyl (C=O) groups excluding carboxylic acids is 2. The van der Waals surface area contributed by atoms with Crippen molar-refractivity contribution in [3.63, 3.8) is 0 Å². The second-order valence-electron chi connectivity index (χ2n) is 7.29. The van der Waals surface area contributed by atoms with Gasteiger partial charge in [0.15, 0.2) is 0 Å².